The van der Waals surface area contributed by atoms with Gasteiger partial charge < -0.3 is 10.6 Å². The number of carbonyl (C=O) groups is 1. The highest BCUT2D eigenvalue weighted by Crippen LogP contribution is 2.25. The van der Waals surface area contributed by atoms with Crippen molar-refractivity contribution in [2.24, 2.45) is 0 Å². The van der Waals surface area contributed by atoms with Crippen LogP contribution in [0, 0.1) is 0 Å². The van der Waals surface area contributed by atoms with Crippen LogP contribution in [-0.2, 0) is 4.79 Å². The first kappa shape index (κ1) is 11.5. The third-order valence-corrected chi connectivity index (χ3v) is 3.08. The molecule has 0 radical (unpaired) electrons. The quantitative estimate of drug-likeness (QED) is 0.763. The maximum atomic E-state index is 12.2. The van der Waals surface area contributed by atoms with Crippen molar-refractivity contribution in [3.05, 3.63) is 65.7 Å². The van der Waals surface area contributed by atoms with E-state index in [1.54, 1.807) is 0 Å². The van der Waals surface area contributed by atoms with Crippen LogP contribution in [0.15, 0.2) is 60.2 Å². The van der Waals surface area contributed by atoms with Crippen LogP contribution in [0.25, 0.3) is 6.08 Å². The fourth-order valence-corrected chi connectivity index (χ4v) is 2.09. The van der Waals surface area contributed by atoms with E-state index in [0.29, 0.717) is 6.54 Å². The molecule has 0 aromatic heterocycles. The van der Waals surface area contributed by atoms with Crippen LogP contribution in [-0.4, -0.2) is 12.5 Å². The van der Waals surface area contributed by atoms with Gasteiger partial charge in [0, 0.05) is 12.1 Å². The molecule has 94 valence electrons. The first-order valence-electron chi connectivity index (χ1n) is 6.23. The number of hydrogen-bond acceptors (Lipinski definition) is 2. The molecular formula is C16H14N2O. The number of anilines is 2. The van der Waals surface area contributed by atoms with Gasteiger partial charge in [-0.3, -0.25) is 4.79 Å². The van der Waals surface area contributed by atoms with Crippen LogP contribution in [0.2, 0.25) is 0 Å². The number of hydrogen-bond donors (Lipinski definition) is 2. The van der Waals surface area contributed by atoms with E-state index in [1.807, 2.05) is 60.7 Å². The zero-order chi connectivity index (χ0) is 13.1. The lowest BCUT2D eigenvalue weighted by atomic mass is 10.1. The lowest BCUT2D eigenvalue weighted by Gasteiger charge is -2.04. The van der Waals surface area contributed by atoms with Crippen LogP contribution in [0.5, 0.6) is 0 Å². The molecule has 0 saturated carbocycles. The highest BCUT2D eigenvalue weighted by molar-refractivity contribution is 6.10. The zero-order valence-electron chi connectivity index (χ0n) is 10.4. The Labute approximate surface area is 112 Å². The maximum absolute atomic E-state index is 12.2. The van der Waals surface area contributed by atoms with Gasteiger partial charge in [0.25, 0.3) is 5.91 Å². The van der Waals surface area contributed by atoms with Gasteiger partial charge in [-0.25, -0.2) is 0 Å². The number of para-hydroxylation sites is 2. The Morgan fingerprint density at radius 2 is 1.58 bits per heavy atom. The van der Waals surface area contributed by atoms with Crippen molar-refractivity contribution in [2.75, 3.05) is 17.2 Å². The second-order valence-electron chi connectivity index (χ2n) is 4.43. The molecular weight excluding hydrogens is 236 g/mol. The minimum absolute atomic E-state index is 0.0543. The first-order chi connectivity index (χ1) is 9.33. The number of carbonyl (C=O) groups excluding carboxylic acids is 1. The summed E-state index contributed by atoms with van der Waals surface area (Å²) in [6.45, 7) is 0.526. The Morgan fingerprint density at radius 1 is 0.895 bits per heavy atom. The normalized spacial score (nSPS) is 16.2. The topological polar surface area (TPSA) is 41.1 Å². The van der Waals surface area contributed by atoms with E-state index in [1.165, 1.54) is 0 Å². The predicted octanol–water partition coefficient (Wildman–Crippen LogP) is 3.13. The van der Waals surface area contributed by atoms with E-state index in [-0.39, 0.29) is 5.91 Å². The van der Waals surface area contributed by atoms with Crippen molar-refractivity contribution < 1.29 is 4.79 Å². The first-order valence-corrected chi connectivity index (χ1v) is 6.23. The van der Waals surface area contributed by atoms with Crippen LogP contribution < -0.4 is 10.6 Å². The summed E-state index contributed by atoms with van der Waals surface area (Å²) in [4.78, 5) is 12.2. The summed E-state index contributed by atoms with van der Waals surface area (Å²) in [5.74, 6) is -0.0543. The SMILES string of the molecule is O=C1Nc2ccccc2NC/C1=C/c1ccccc1. The molecule has 3 nitrogen and oxygen atoms in total. The van der Waals surface area contributed by atoms with Crippen molar-refractivity contribution in [1.29, 1.82) is 0 Å². The van der Waals surface area contributed by atoms with Gasteiger partial charge in [-0.05, 0) is 23.8 Å². The second-order valence-corrected chi connectivity index (χ2v) is 4.43. The van der Waals surface area contributed by atoms with Gasteiger partial charge in [-0.15, -0.1) is 0 Å². The molecule has 2 aromatic rings. The van der Waals surface area contributed by atoms with Crippen LogP contribution in [0.3, 0.4) is 0 Å². The van der Waals surface area contributed by atoms with Gasteiger partial charge in [-0.1, -0.05) is 42.5 Å². The summed E-state index contributed by atoms with van der Waals surface area (Å²) >= 11 is 0. The van der Waals surface area contributed by atoms with Gasteiger partial charge in [-0.2, -0.15) is 0 Å². The third-order valence-electron chi connectivity index (χ3n) is 3.08. The summed E-state index contributed by atoms with van der Waals surface area (Å²) in [5, 5.41) is 6.20. The summed E-state index contributed by atoms with van der Waals surface area (Å²) in [5.41, 5.74) is 3.53. The molecule has 3 heteroatoms. The van der Waals surface area contributed by atoms with Gasteiger partial charge in [0.2, 0.25) is 0 Å². The lowest BCUT2D eigenvalue weighted by molar-refractivity contribution is -0.112. The number of rotatable bonds is 1. The van der Waals surface area contributed by atoms with Crippen LogP contribution in [0.1, 0.15) is 5.56 Å². The van der Waals surface area contributed by atoms with Crippen LogP contribution >= 0.6 is 0 Å². The summed E-state index contributed by atoms with van der Waals surface area (Å²) in [6, 6.07) is 17.6. The average molecular weight is 250 g/mol. The average Bonchev–Trinajstić information content (AvgIpc) is 2.60. The zero-order valence-corrected chi connectivity index (χ0v) is 10.4. The predicted molar refractivity (Wildman–Crippen MR) is 78.0 cm³/mol. The molecule has 1 heterocycles. The number of amides is 1. The molecule has 0 atom stereocenters. The fraction of sp³-hybridized carbons (Fsp3) is 0.0625. The monoisotopic (exact) mass is 250 g/mol. The maximum Gasteiger partial charge on any atom is 0.253 e. The molecule has 3 rings (SSSR count). The van der Waals surface area contributed by atoms with Gasteiger partial charge in [0.1, 0.15) is 0 Å². The molecule has 0 fully saturated rings. The smallest absolute Gasteiger partial charge is 0.253 e. The molecule has 0 bridgehead atoms. The van der Waals surface area contributed by atoms with E-state index in [4.69, 9.17) is 0 Å². The molecule has 1 amide bonds. The van der Waals surface area contributed by atoms with Crippen LogP contribution in [0.4, 0.5) is 11.4 Å². The molecule has 2 aromatic carbocycles. The Morgan fingerprint density at radius 3 is 2.37 bits per heavy atom. The Bertz CT molecular complexity index is 632. The molecule has 0 spiro atoms. The molecule has 1 aliphatic heterocycles. The molecule has 1 aliphatic rings. The minimum Gasteiger partial charge on any atom is -0.379 e. The van der Waals surface area contributed by atoms with Gasteiger partial charge in [0.15, 0.2) is 0 Å². The van der Waals surface area contributed by atoms with Crippen molar-refractivity contribution in [2.45, 2.75) is 0 Å². The molecule has 2 N–H and O–H groups in total. The second kappa shape index (κ2) is 4.98. The third kappa shape index (κ3) is 2.50. The van der Waals surface area contributed by atoms with E-state index in [9.17, 15) is 4.79 Å². The van der Waals surface area contributed by atoms with E-state index < -0.39 is 0 Å². The summed E-state index contributed by atoms with van der Waals surface area (Å²) < 4.78 is 0. The summed E-state index contributed by atoms with van der Waals surface area (Å²) in [6.07, 6.45) is 1.91. The highest BCUT2D eigenvalue weighted by atomic mass is 16.1. The lowest BCUT2D eigenvalue weighted by Crippen LogP contribution is -2.15. The highest BCUT2D eigenvalue weighted by Gasteiger charge is 2.16. The van der Waals surface area contributed by atoms with E-state index in [0.717, 1.165) is 22.5 Å². The van der Waals surface area contributed by atoms with Crippen molar-refractivity contribution in [3.8, 4) is 0 Å². The molecule has 19 heavy (non-hydrogen) atoms. The molecule has 0 saturated heterocycles. The standard InChI is InChI=1S/C16H14N2O/c19-16-13(10-12-6-2-1-3-7-12)11-17-14-8-4-5-9-15(14)18-16/h1-10,17H,11H2,(H,18,19)/b13-10-. The molecule has 0 aliphatic carbocycles. The Balaban J connectivity index is 1.91. The van der Waals surface area contributed by atoms with Gasteiger partial charge in [0.05, 0.1) is 11.4 Å². The van der Waals surface area contributed by atoms with E-state index in [2.05, 4.69) is 10.6 Å². The number of benzene rings is 2. The van der Waals surface area contributed by atoms with Crippen molar-refractivity contribution >= 4 is 23.4 Å². The van der Waals surface area contributed by atoms with Crippen molar-refractivity contribution in [3.63, 3.8) is 0 Å². The fourth-order valence-electron chi connectivity index (χ4n) is 2.09. The number of fused-ring (bicyclic) bond motifs is 1. The van der Waals surface area contributed by atoms with E-state index >= 15 is 0 Å². The van der Waals surface area contributed by atoms with Crippen molar-refractivity contribution in [1.82, 2.24) is 0 Å². The van der Waals surface area contributed by atoms with Gasteiger partial charge >= 0.3 is 0 Å². The Kier molecular flexibility index (Phi) is 3.02. The Hall–Kier alpha value is -2.55. The largest absolute Gasteiger partial charge is 0.379 e. The minimum atomic E-state index is -0.0543. The summed E-state index contributed by atoms with van der Waals surface area (Å²) in [7, 11) is 0. The molecule has 0 unspecified atom stereocenters. The number of nitrogens with one attached hydrogen (secondary N) is 2.